The number of carbonyl (C=O) groups is 1. The van der Waals surface area contributed by atoms with Crippen LogP contribution in [0.25, 0.3) is 0 Å². The normalized spacial score (nSPS) is 16.5. The summed E-state index contributed by atoms with van der Waals surface area (Å²) in [5.41, 5.74) is 1.73. The Hall–Kier alpha value is -0.910. The van der Waals surface area contributed by atoms with Crippen LogP contribution in [0.1, 0.15) is 18.4 Å². The van der Waals surface area contributed by atoms with Gasteiger partial charge in [0, 0.05) is 42.1 Å². The first-order valence-electron chi connectivity index (χ1n) is 7.63. The molecular weight excluding hydrogens is 318 g/mol. The van der Waals surface area contributed by atoms with Crippen LogP contribution in [0.5, 0.6) is 0 Å². The van der Waals surface area contributed by atoms with Crippen molar-refractivity contribution in [3.63, 3.8) is 0 Å². The van der Waals surface area contributed by atoms with Gasteiger partial charge in [-0.1, -0.05) is 11.6 Å². The van der Waals surface area contributed by atoms with Crippen molar-refractivity contribution in [2.45, 2.75) is 25.8 Å². The molecule has 1 saturated heterocycles. The summed E-state index contributed by atoms with van der Waals surface area (Å²) in [5.74, 6) is 1.18. The number of rotatable bonds is 5. The lowest BCUT2D eigenvalue weighted by Crippen LogP contribution is -2.46. The van der Waals surface area contributed by atoms with E-state index in [4.69, 9.17) is 11.6 Å². The lowest BCUT2D eigenvalue weighted by molar-refractivity contribution is 0.204. The van der Waals surface area contributed by atoms with Crippen LogP contribution < -0.4 is 10.6 Å². The summed E-state index contributed by atoms with van der Waals surface area (Å²) >= 11 is 7.87. The van der Waals surface area contributed by atoms with Crippen molar-refractivity contribution in [2.24, 2.45) is 0 Å². The number of benzene rings is 1. The zero-order valence-corrected chi connectivity index (χ0v) is 14.8. The van der Waals surface area contributed by atoms with E-state index in [0.717, 1.165) is 43.7 Å². The van der Waals surface area contributed by atoms with Gasteiger partial charge in [0.1, 0.15) is 0 Å². The summed E-state index contributed by atoms with van der Waals surface area (Å²) in [6.07, 6.45) is 4.17. The Kier molecular flexibility index (Phi) is 6.86. The molecule has 1 aromatic carbocycles. The molecule has 6 heteroatoms. The van der Waals surface area contributed by atoms with Gasteiger partial charge in [-0.3, -0.25) is 0 Å². The Labute approximate surface area is 142 Å². The van der Waals surface area contributed by atoms with E-state index in [1.807, 2.05) is 30.8 Å². The van der Waals surface area contributed by atoms with E-state index in [1.165, 1.54) is 5.75 Å². The molecule has 4 nitrogen and oxygen atoms in total. The molecule has 22 heavy (non-hydrogen) atoms. The van der Waals surface area contributed by atoms with Crippen molar-refractivity contribution in [2.75, 3.05) is 37.0 Å². The van der Waals surface area contributed by atoms with Crippen molar-refractivity contribution in [3.8, 4) is 0 Å². The Balaban J connectivity index is 1.75. The average Bonchev–Trinajstić information content (AvgIpc) is 2.50. The summed E-state index contributed by atoms with van der Waals surface area (Å²) in [5, 5.41) is 6.65. The van der Waals surface area contributed by atoms with Gasteiger partial charge in [-0.05, 0) is 49.8 Å². The Morgan fingerprint density at radius 2 is 2.14 bits per heavy atom. The SMILES string of the molecule is CSCCN1CCC(NC(=O)Nc2ccc(Cl)c(C)c2)CC1. The molecule has 1 aliphatic heterocycles. The minimum Gasteiger partial charge on any atom is -0.335 e. The van der Waals surface area contributed by atoms with Gasteiger partial charge < -0.3 is 15.5 Å². The van der Waals surface area contributed by atoms with Crippen molar-refractivity contribution < 1.29 is 4.79 Å². The third kappa shape index (κ3) is 5.38. The van der Waals surface area contributed by atoms with Crippen molar-refractivity contribution in [3.05, 3.63) is 28.8 Å². The van der Waals surface area contributed by atoms with E-state index in [1.54, 1.807) is 6.07 Å². The molecule has 0 spiro atoms. The molecule has 1 aliphatic rings. The number of urea groups is 1. The molecular formula is C16H24ClN3OS. The molecule has 2 N–H and O–H groups in total. The Morgan fingerprint density at radius 1 is 1.41 bits per heavy atom. The van der Waals surface area contributed by atoms with Gasteiger partial charge in [0.05, 0.1) is 0 Å². The van der Waals surface area contributed by atoms with Gasteiger partial charge in [-0.25, -0.2) is 4.79 Å². The molecule has 1 aromatic rings. The quantitative estimate of drug-likeness (QED) is 0.860. The molecule has 1 heterocycles. The number of halogens is 1. The maximum atomic E-state index is 12.1. The summed E-state index contributed by atoms with van der Waals surface area (Å²) in [6, 6.07) is 5.63. The summed E-state index contributed by atoms with van der Waals surface area (Å²) in [7, 11) is 0. The zero-order valence-electron chi connectivity index (χ0n) is 13.2. The third-order valence-electron chi connectivity index (χ3n) is 3.95. The van der Waals surface area contributed by atoms with E-state index in [9.17, 15) is 4.79 Å². The third-order valence-corrected chi connectivity index (χ3v) is 4.97. The predicted molar refractivity (Wildman–Crippen MR) is 96.2 cm³/mol. The highest BCUT2D eigenvalue weighted by Crippen LogP contribution is 2.19. The predicted octanol–water partition coefficient (Wildman–Crippen LogP) is 3.60. The van der Waals surface area contributed by atoms with Crippen LogP contribution in [0.3, 0.4) is 0 Å². The number of hydrogen-bond acceptors (Lipinski definition) is 3. The van der Waals surface area contributed by atoms with Crippen molar-refractivity contribution in [1.29, 1.82) is 0 Å². The topological polar surface area (TPSA) is 44.4 Å². The Bertz CT molecular complexity index is 504. The van der Waals surface area contributed by atoms with E-state index in [2.05, 4.69) is 21.8 Å². The van der Waals surface area contributed by atoms with Crippen LogP contribution in [-0.4, -0.2) is 48.6 Å². The summed E-state index contributed by atoms with van der Waals surface area (Å²) < 4.78 is 0. The molecule has 122 valence electrons. The molecule has 0 aromatic heterocycles. The number of piperidine rings is 1. The summed E-state index contributed by atoms with van der Waals surface area (Å²) in [6.45, 7) is 5.19. The van der Waals surface area contributed by atoms with Crippen LogP contribution in [0.2, 0.25) is 5.02 Å². The first kappa shape index (κ1) is 17.4. The zero-order chi connectivity index (χ0) is 15.9. The number of thioether (sulfide) groups is 1. The maximum absolute atomic E-state index is 12.1. The fraction of sp³-hybridized carbons (Fsp3) is 0.562. The second-order valence-electron chi connectivity index (χ2n) is 5.67. The van der Waals surface area contributed by atoms with Gasteiger partial charge in [-0.2, -0.15) is 11.8 Å². The van der Waals surface area contributed by atoms with E-state index >= 15 is 0 Å². The molecule has 2 amide bonds. The van der Waals surface area contributed by atoms with Gasteiger partial charge in [0.2, 0.25) is 0 Å². The lowest BCUT2D eigenvalue weighted by atomic mass is 10.1. The molecule has 0 unspecified atom stereocenters. The molecule has 0 saturated carbocycles. The van der Waals surface area contributed by atoms with Crippen LogP contribution in [-0.2, 0) is 0 Å². The lowest BCUT2D eigenvalue weighted by Gasteiger charge is -2.32. The summed E-state index contributed by atoms with van der Waals surface area (Å²) in [4.78, 5) is 14.5. The standard InChI is InChI=1S/C16H24ClN3OS/c1-12-11-14(3-4-15(12)17)19-16(21)18-13-5-7-20(8-6-13)9-10-22-2/h3-4,11,13H,5-10H2,1-2H3,(H2,18,19,21). The molecule has 0 bridgehead atoms. The van der Waals surface area contributed by atoms with Crippen LogP contribution in [0.4, 0.5) is 10.5 Å². The van der Waals surface area contributed by atoms with Crippen molar-refractivity contribution >= 4 is 35.1 Å². The fourth-order valence-corrected chi connectivity index (χ4v) is 3.15. The second kappa shape index (κ2) is 8.65. The molecule has 0 atom stereocenters. The molecule has 0 aliphatic carbocycles. The Morgan fingerprint density at radius 3 is 2.77 bits per heavy atom. The number of nitrogens with one attached hydrogen (secondary N) is 2. The van der Waals surface area contributed by atoms with Gasteiger partial charge >= 0.3 is 6.03 Å². The van der Waals surface area contributed by atoms with Crippen LogP contribution in [0.15, 0.2) is 18.2 Å². The number of hydrogen-bond donors (Lipinski definition) is 2. The monoisotopic (exact) mass is 341 g/mol. The second-order valence-corrected chi connectivity index (χ2v) is 7.06. The van der Waals surface area contributed by atoms with E-state index < -0.39 is 0 Å². The first-order valence-corrected chi connectivity index (χ1v) is 9.40. The smallest absolute Gasteiger partial charge is 0.319 e. The van der Waals surface area contributed by atoms with E-state index in [0.29, 0.717) is 5.02 Å². The minimum absolute atomic E-state index is 0.135. The minimum atomic E-state index is -0.135. The van der Waals surface area contributed by atoms with Crippen molar-refractivity contribution in [1.82, 2.24) is 10.2 Å². The first-order chi connectivity index (χ1) is 10.6. The number of likely N-dealkylation sites (tertiary alicyclic amines) is 1. The number of nitrogens with zero attached hydrogens (tertiary/aromatic N) is 1. The van der Waals surface area contributed by atoms with Gasteiger partial charge in [0.25, 0.3) is 0 Å². The number of carbonyl (C=O) groups excluding carboxylic acids is 1. The van der Waals surface area contributed by atoms with E-state index in [-0.39, 0.29) is 12.1 Å². The molecule has 2 rings (SSSR count). The number of anilines is 1. The van der Waals surface area contributed by atoms with Gasteiger partial charge in [0.15, 0.2) is 0 Å². The maximum Gasteiger partial charge on any atom is 0.319 e. The highest BCUT2D eigenvalue weighted by atomic mass is 35.5. The van der Waals surface area contributed by atoms with Crippen LogP contribution in [0, 0.1) is 6.92 Å². The van der Waals surface area contributed by atoms with Crippen LogP contribution >= 0.6 is 23.4 Å². The largest absolute Gasteiger partial charge is 0.335 e. The highest BCUT2D eigenvalue weighted by molar-refractivity contribution is 7.98. The number of amides is 2. The fourth-order valence-electron chi connectivity index (χ4n) is 2.60. The van der Waals surface area contributed by atoms with Gasteiger partial charge in [-0.15, -0.1) is 0 Å². The highest BCUT2D eigenvalue weighted by Gasteiger charge is 2.20. The average molecular weight is 342 g/mol. The molecule has 0 radical (unpaired) electrons. The molecule has 1 fully saturated rings. The number of aryl methyl sites for hydroxylation is 1.